The lowest BCUT2D eigenvalue weighted by Crippen LogP contribution is -2.43. The molecule has 4 heteroatoms. The second kappa shape index (κ2) is 6.34. The zero-order valence-electron chi connectivity index (χ0n) is 14.3. The van der Waals surface area contributed by atoms with Gasteiger partial charge >= 0.3 is 0 Å². The molecule has 0 bridgehead atoms. The molecule has 23 heavy (non-hydrogen) atoms. The van der Waals surface area contributed by atoms with Gasteiger partial charge in [-0.05, 0) is 44.2 Å². The summed E-state index contributed by atoms with van der Waals surface area (Å²) in [7, 11) is 0. The molecule has 2 heterocycles. The molecule has 1 aromatic rings. The molecule has 3 rings (SSSR count). The van der Waals surface area contributed by atoms with Crippen LogP contribution in [0.4, 0.5) is 5.69 Å². The molecule has 0 radical (unpaired) electrons. The first kappa shape index (κ1) is 16.0. The largest absolute Gasteiger partial charge is 0.342 e. The lowest BCUT2D eigenvalue weighted by atomic mass is 9.98. The summed E-state index contributed by atoms with van der Waals surface area (Å²) >= 11 is 0. The number of piperidine rings is 1. The van der Waals surface area contributed by atoms with E-state index in [1.807, 2.05) is 30.9 Å². The molecule has 0 N–H and O–H groups in total. The van der Waals surface area contributed by atoms with Crippen LogP contribution in [0.25, 0.3) is 0 Å². The molecule has 0 aliphatic carbocycles. The summed E-state index contributed by atoms with van der Waals surface area (Å²) < 4.78 is 0. The first-order valence-electron chi connectivity index (χ1n) is 8.62. The number of anilines is 1. The fourth-order valence-electron chi connectivity index (χ4n) is 3.86. The minimum atomic E-state index is -0.187. The number of likely N-dealkylation sites (tertiary alicyclic amines) is 1. The van der Waals surface area contributed by atoms with Crippen LogP contribution in [-0.4, -0.2) is 36.3 Å². The predicted molar refractivity (Wildman–Crippen MR) is 91.4 cm³/mol. The highest BCUT2D eigenvalue weighted by Gasteiger charge is 2.38. The Hall–Kier alpha value is -1.84. The Morgan fingerprint density at radius 2 is 2.00 bits per heavy atom. The van der Waals surface area contributed by atoms with Crippen molar-refractivity contribution in [1.82, 2.24) is 4.90 Å². The van der Waals surface area contributed by atoms with Crippen molar-refractivity contribution in [2.75, 3.05) is 24.5 Å². The Morgan fingerprint density at radius 3 is 2.70 bits per heavy atom. The first-order chi connectivity index (χ1) is 11.0. The van der Waals surface area contributed by atoms with Crippen LogP contribution < -0.4 is 4.90 Å². The monoisotopic (exact) mass is 314 g/mol. The number of hydrogen-bond donors (Lipinski definition) is 0. The molecular weight excluding hydrogens is 288 g/mol. The highest BCUT2D eigenvalue weighted by Crippen LogP contribution is 2.30. The van der Waals surface area contributed by atoms with Gasteiger partial charge in [-0.2, -0.15) is 0 Å². The molecule has 124 valence electrons. The minimum Gasteiger partial charge on any atom is -0.342 e. The van der Waals surface area contributed by atoms with Gasteiger partial charge < -0.3 is 9.80 Å². The van der Waals surface area contributed by atoms with Crippen molar-refractivity contribution in [2.45, 2.75) is 40.0 Å². The number of carbonyl (C=O) groups is 2. The SMILES string of the molecule is Cc1ccc(N2C[C@@H](C(=O)N3CCC[C@@H](C)C3)CC2=O)c(C)c1. The topological polar surface area (TPSA) is 40.6 Å². The lowest BCUT2D eigenvalue weighted by molar-refractivity contribution is -0.137. The molecule has 1 aromatic carbocycles. The van der Waals surface area contributed by atoms with E-state index in [0.29, 0.717) is 18.9 Å². The average molecular weight is 314 g/mol. The van der Waals surface area contributed by atoms with Crippen molar-refractivity contribution in [2.24, 2.45) is 11.8 Å². The van der Waals surface area contributed by atoms with Crippen molar-refractivity contribution in [1.29, 1.82) is 0 Å². The number of hydrogen-bond acceptors (Lipinski definition) is 2. The number of amides is 2. The van der Waals surface area contributed by atoms with Gasteiger partial charge in [0.15, 0.2) is 0 Å². The van der Waals surface area contributed by atoms with E-state index in [4.69, 9.17) is 0 Å². The Balaban J connectivity index is 1.73. The van der Waals surface area contributed by atoms with Gasteiger partial charge in [0.2, 0.25) is 11.8 Å². The average Bonchev–Trinajstić information content (AvgIpc) is 2.88. The van der Waals surface area contributed by atoms with Crippen LogP contribution in [0.5, 0.6) is 0 Å². The van der Waals surface area contributed by atoms with Crippen molar-refractivity contribution in [3.63, 3.8) is 0 Å². The van der Waals surface area contributed by atoms with Crippen LogP contribution in [0.2, 0.25) is 0 Å². The maximum atomic E-state index is 12.8. The van der Waals surface area contributed by atoms with E-state index in [9.17, 15) is 9.59 Å². The van der Waals surface area contributed by atoms with E-state index < -0.39 is 0 Å². The van der Waals surface area contributed by atoms with Gasteiger partial charge in [-0.25, -0.2) is 0 Å². The zero-order chi connectivity index (χ0) is 16.6. The van der Waals surface area contributed by atoms with E-state index in [0.717, 1.165) is 30.8 Å². The van der Waals surface area contributed by atoms with Gasteiger partial charge in [-0.15, -0.1) is 0 Å². The summed E-state index contributed by atoms with van der Waals surface area (Å²) in [5.74, 6) is 0.617. The van der Waals surface area contributed by atoms with Crippen LogP contribution in [0.1, 0.15) is 37.3 Å². The molecule has 2 aliphatic rings. The van der Waals surface area contributed by atoms with Gasteiger partial charge in [0, 0.05) is 31.7 Å². The summed E-state index contributed by atoms with van der Waals surface area (Å²) in [6, 6.07) is 6.11. The Labute approximate surface area is 138 Å². The third-order valence-electron chi connectivity index (χ3n) is 5.09. The number of nitrogens with zero attached hydrogens (tertiary/aromatic N) is 2. The van der Waals surface area contributed by atoms with Gasteiger partial charge in [-0.3, -0.25) is 9.59 Å². The number of carbonyl (C=O) groups excluding carboxylic acids is 2. The van der Waals surface area contributed by atoms with Crippen molar-refractivity contribution in [3.05, 3.63) is 29.3 Å². The van der Waals surface area contributed by atoms with E-state index in [2.05, 4.69) is 13.0 Å². The smallest absolute Gasteiger partial charge is 0.228 e. The van der Waals surface area contributed by atoms with Crippen LogP contribution in [0.3, 0.4) is 0 Å². The second-order valence-corrected chi connectivity index (χ2v) is 7.23. The fraction of sp³-hybridized carbons (Fsp3) is 0.579. The molecule has 2 saturated heterocycles. The van der Waals surface area contributed by atoms with E-state index in [1.54, 1.807) is 4.90 Å². The van der Waals surface area contributed by atoms with Gasteiger partial charge in [-0.1, -0.05) is 24.6 Å². The highest BCUT2D eigenvalue weighted by atomic mass is 16.2. The highest BCUT2D eigenvalue weighted by molar-refractivity contribution is 6.00. The standard InChI is InChI=1S/C19H26N2O2/c1-13-6-7-17(15(3)9-13)21-12-16(10-18(21)22)19(23)20-8-4-5-14(2)11-20/h6-7,9,14,16H,4-5,8,10-12H2,1-3H3/t14-,16+/m1/s1. The molecule has 0 aromatic heterocycles. The number of rotatable bonds is 2. The summed E-state index contributed by atoms with van der Waals surface area (Å²) in [6.45, 7) is 8.47. The number of aryl methyl sites for hydroxylation is 2. The fourth-order valence-corrected chi connectivity index (χ4v) is 3.86. The van der Waals surface area contributed by atoms with E-state index in [-0.39, 0.29) is 17.7 Å². The molecule has 0 unspecified atom stereocenters. The zero-order valence-corrected chi connectivity index (χ0v) is 14.3. The van der Waals surface area contributed by atoms with Crippen molar-refractivity contribution < 1.29 is 9.59 Å². The van der Waals surface area contributed by atoms with Crippen LogP contribution in [0.15, 0.2) is 18.2 Å². The summed E-state index contributed by atoms with van der Waals surface area (Å²) in [5, 5.41) is 0. The molecule has 4 nitrogen and oxygen atoms in total. The maximum absolute atomic E-state index is 12.8. The molecular formula is C19H26N2O2. The van der Waals surface area contributed by atoms with Gasteiger partial charge in [0.25, 0.3) is 0 Å². The van der Waals surface area contributed by atoms with Crippen molar-refractivity contribution in [3.8, 4) is 0 Å². The third-order valence-corrected chi connectivity index (χ3v) is 5.09. The number of benzene rings is 1. The lowest BCUT2D eigenvalue weighted by Gasteiger charge is -2.32. The van der Waals surface area contributed by atoms with Crippen molar-refractivity contribution >= 4 is 17.5 Å². The van der Waals surface area contributed by atoms with E-state index in [1.165, 1.54) is 12.0 Å². The van der Waals surface area contributed by atoms with Crippen LogP contribution in [-0.2, 0) is 9.59 Å². The van der Waals surface area contributed by atoms with E-state index >= 15 is 0 Å². The van der Waals surface area contributed by atoms with Gasteiger partial charge in [0.05, 0.1) is 5.92 Å². The van der Waals surface area contributed by atoms with Crippen LogP contribution in [0, 0.1) is 25.7 Å². The Morgan fingerprint density at radius 1 is 1.22 bits per heavy atom. The third kappa shape index (κ3) is 3.26. The van der Waals surface area contributed by atoms with Crippen LogP contribution >= 0.6 is 0 Å². The quantitative estimate of drug-likeness (QED) is 0.842. The molecule has 2 fully saturated rings. The summed E-state index contributed by atoms with van der Waals surface area (Å²) in [4.78, 5) is 28.9. The predicted octanol–water partition coefficient (Wildman–Crippen LogP) is 2.91. The van der Waals surface area contributed by atoms with Gasteiger partial charge in [0.1, 0.15) is 0 Å². The normalized spacial score (nSPS) is 25.1. The minimum absolute atomic E-state index is 0.0698. The molecule has 2 amide bonds. The maximum Gasteiger partial charge on any atom is 0.228 e. The Kier molecular flexibility index (Phi) is 4.42. The first-order valence-corrected chi connectivity index (χ1v) is 8.62. The molecule has 0 spiro atoms. The second-order valence-electron chi connectivity index (χ2n) is 7.23. The Bertz CT molecular complexity index is 626. The summed E-state index contributed by atoms with van der Waals surface area (Å²) in [5.41, 5.74) is 3.23. The molecule has 2 atom stereocenters. The molecule has 2 aliphatic heterocycles. The molecule has 0 saturated carbocycles. The summed E-state index contributed by atoms with van der Waals surface area (Å²) in [6.07, 6.45) is 2.62.